The molecular formula is C15H13BrN2O5S. The molecular weight excluding hydrogens is 400 g/mol. The van der Waals surface area contributed by atoms with Crippen LogP contribution in [-0.2, 0) is 4.74 Å². The van der Waals surface area contributed by atoms with Crippen molar-refractivity contribution in [2.45, 2.75) is 13.8 Å². The highest BCUT2D eigenvalue weighted by Crippen LogP contribution is 2.29. The molecule has 1 N–H and O–H groups in total. The Balaban J connectivity index is 2.21. The summed E-state index contributed by atoms with van der Waals surface area (Å²) in [4.78, 5) is 34.8. The van der Waals surface area contributed by atoms with Crippen molar-refractivity contribution >= 4 is 49.8 Å². The van der Waals surface area contributed by atoms with Gasteiger partial charge in [-0.3, -0.25) is 14.9 Å². The third kappa shape index (κ3) is 3.98. The fourth-order valence-corrected chi connectivity index (χ4v) is 3.27. The second kappa shape index (κ2) is 7.54. The number of amides is 1. The van der Waals surface area contributed by atoms with Gasteiger partial charge in [0.1, 0.15) is 4.88 Å². The number of aryl methyl sites for hydroxylation is 1. The summed E-state index contributed by atoms with van der Waals surface area (Å²) in [7, 11) is 0. The third-order valence-corrected chi connectivity index (χ3v) is 4.82. The Labute approximate surface area is 149 Å². The first-order chi connectivity index (χ1) is 11.3. The smallest absolute Gasteiger partial charge is 0.348 e. The normalized spacial score (nSPS) is 10.3. The predicted octanol–water partition coefficient (Wildman–Crippen LogP) is 4.16. The van der Waals surface area contributed by atoms with Crippen LogP contribution in [-0.4, -0.2) is 23.4 Å². The van der Waals surface area contributed by atoms with Crippen molar-refractivity contribution in [1.82, 2.24) is 0 Å². The summed E-state index contributed by atoms with van der Waals surface area (Å²) in [5, 5.41) is 14.0. The van der Waals surface area contributed by atoms with Crippen LogP contribution < -0.4 is 5.32 Å². The monoisotopic (exact) mass is 412 g/mol. The van der Waals surface area contributed by atoms with Gasteiger partial charge in [-0.05, 0) is 53.5 Å². The molecule has 1 heterocycles. The van der Waals surface area contributed by atoms with E-state index in [1.54, 1.807) is 19.9 Å². The lowest BCUT2D eigenvalue weighted by molar-refractivity contribution is -0.385. The number of rotatable bonds is 5. The highest BCUT2D eigenvalue weighted by Gasteiger charge is 2.19. The zero-order valence-electron chi connectivity index (χ0n) is 12.8. The number of nitro groups is 1. The third-order valence-electron chi connectivity index (χ3n) is 3.02. The number of carbonyl (C=O) groups excluding carboxylic acids is 2. The summed E-state index contributed by atoms with van der Waals surface area (Å²) in [6.07, 6.45) is 0. The van der Waals surface area contributed by atoms with Gasteiger partial charge in [-0.2, -0.15) is 0 Å². The largest absolute Gasteiger partial charge is 0.462 e. The van der Waals surface area contributed by atoms with Crippen LogP contribution in [0.2, 0.25) is 0 Å². The molecule has 0 saturated carbocycles. The van der Waals surface area contributed by atoms with Gasteiger partial charge in [0.2, 0.25) is 0 Å². The minimum atomic E-state index is -0.574. The summed E-state index contributed by atoms with van der Waals surface area (Å²) < 4.78 is 5.24. The quantitative estimate of drug-likeness (QED) is 0.451. The molecule has 0 radical (unpaired) electrons. The second-order valence-electron chi connectivity index (χ2n) is 4.72. The summed E-state index contributed by atoms with van der Waals surface area (Å²) in [5.74, 6) is -0.943. The molecule has 0 unspecified atom stereocenters. The van der Waals surface area contributed by atoms with Gasteiger partial charge in [0.05, 0.1) is 21.0 Å². The number of ether oxygens (including phenoxy) is 1. The molecule has 0 fully saturated rings. The first-order valence-corrected chi connectivity index (χ1v) is 8.47. The number of thiophene rings is 1. The zero-order chi connectivity index (χ0) is 17.9. The molecule has 0 aliphatic heterocycles. The van der Waals surface area contributed by atoms with Crippen LogP contribution in [0, 0.1) is 17.0 Å². The molecule has 0 atom stereocenters. The fraction of sp³-hybridized carbons (Fsp3) is 0.200. The Morgan fingerprint density at radius 1 is 1.38 bits per heavy atom. The van der Waals surface area contributed by atoms with Crippen molar-refractivity contribution in [3.63, 3.8) is 0 Å². The van der Waals surface area contributed by atoms with E-state index in [-0.39, 0.29) is 17.9 Å². The SMILES string of the molecule is CCOC(=O)c1sc(NC(=O)c2ccc(Br)c([N+](=O)[O-])c2)cc1C. The number of hydrogen-bond acceptors (Lipinski definition) is 6. The van der Waals surface area contributed by atoms with Crippen LogP contribution in [0.1, 0.15) is 32.5 Å². The van der Waals surface area contributed by atoms with Gasteiger partial charge in [-0.15, -0.1) is 11.3 Å². The van der Waals surface area contributed by atoms with Crippen LogP contribution >= 0.6 is 27.3 Å². The molecule has 0 aliphatic rings. The maximum atomic E-state index is 12.3. The number of nitrogens with one attached hydrogen (secondary N) is 1. The molecule has 0 bridgehead atoms. The molecule has 0 aliphatic carbocycles. The topological polar surface area (TPSA) is 98.5 Å². The fourth-order valence-electron chi connectivity index (χ4n) is 1.92. The van der Waals surface area contributed by atoms with Crippen molar-refractivity contribution in [3.8, 4) is 0 Å². The van der Waals surface area contributed by atoms with E-state index < -0.39 is 16.8 Å². The Kier molecular flexibility index (Phi) is 5.68. The lowest BCUT2D eigenvalue weighted by atomic mass is 10.2. The highest BCUT2D eigenvalue weighted by molar-refractivity contribution is 9.10. The van der Waals surface area contributed by atoms with Crippen LogP contribution in [0.3, 0.4) is 0 Å². The Bertz CT molecular complexity index is 818. The molecule has 7 nitrogen and oxygen atoms in total. The molecule has 1 aromatic heterocycles. The molecule has 0 spiro atoms. The van der Waals surface area contributed by atoms with Gasteiger partial charge < -0.3 is 10.1 Å². The number of nitro benzene ring substituents is 1. The van der Waals surface area contributed by atoms with Gasteiger partial charge in [-0.1, -0.05) is 0 Å². The highest BCUT2D eigenvalue weighted by atomic mass is 79.9. The summed E-state index contributed by atoms with van der Waals surface area (Å²) in [6.45, 7) is 3.72. The van der Waals surface area contributed by atoms with Gasteiger partial charge in [0, 0.05) is 11.6 Å². The van der Waals surface area contributed by atoms with E-state index in [9.17, 15) is 19.7 Å². The maximum Gasteiger partial charge on any atom is 0.348 e. The summed E-state index contributed by atoms with van der Waals surface area (Å²) in [5.41, 5.74) is 0.640. The van der Waals surface area contributed by atoms with Crippen LogP contribution in [0.15, 0.2) is 28.7 Å². The van der Waals surface area contributed by atoms with Crippen LogP contribution in [0.4, 0.5) is 10.7 Å². The van der Waals surface area contributed by atoms with E-state index in [1.807, 2.05) is 0 Å². The minimum Gasteiger partial charge on any atom is -0.462 e. The minimum absolute atomic E-state index is 0.147. The van der Waals surface area contributed by atoms with E-state index >= 15 is 0 Å². The lowest BCUT2D eigenvalue weighted by Crippen LogP contribution is -2.11. The van der Waals surface area contributed by atoms with Gasteiger partial charge in [0.25, 0.3) is 11.6 Å². The Morgan fingerprint density at radius 2 is 2.08 bits per heavy atom. The molecule has 1 aromatic carbocycles. The number of carbonyl (C=O) groups is 2. The zero-order valence-corrected chi connectivity index (χ0v) is 15.2. The van der Waals surface area contributed by atoms with Crippen LogP contribution in [0.5, 0.6) is 0 Å². The molecule has 2 rings (SSSR count). The molecule has 1 amide bonds. The first kappa shape index (κ1) is 18.1. The van der Waals surface area contributed by atoms with Crippen LogP contribution in [0.25, 0.3) is 0 Å². The summed E-state index contributed by atoms with van der Waals surface area (Å²) in [6, 6.07) is 5.75. The van der Waals surface area contributed by atoms with E-state index in [4.69, 9.17) is 4.74 Å². The van der Waals surface area contributed by atoms with Crippen molar-refractivity contribution < 1.29 is 19.2 Å². The predicted molar refractivity (Wildman–Crippen MR) is 93.8 cm³/mol. The van der Waals surface area contributed by atoms with Crippen molar-refractivity contribution in [3.05, 3.63) is 54.9 Å². The standard InChI is InChI=1S/C15H13BrN2O5S/c1-3-23-15(20)13-8(2)6-12(24-13)17-14(19)9-4-5-10(16)11(7-9)18(21)22/h4-7H,3H2,1-2H3,(H,17,19). The molecule has 2 aromatic rings. The Hall–Kier alpha value is -2.26. The van der Waals surface area contributed by atoms with Crippen molar-refractivity contribution in [2.75, 3.05) is 11.9 Å². The van der Waals surface area contributed by atoms with Gasteiger partial charge >= 0.3 is 5.97 Å². The average Bonchev–Trinajstić information content (AvgIpc) is 2.88. The average molecular weight is 413 g/mol. The number of halogens is 1. The number of nitrogens with zero attached hydrogens (tertiary/aromatic N) is 1. The van der Waals surface area contributed by atoms with Crippen molar-refractivity contribution in [1.29, 1.82) is 0 Å². The van der Waals surface area contributed by atoms with E-state index in [0.29, 0.717) is 19.9 Å². The van der Waals surface area contributed by atoms with Gasteiger partial charge in [0.15, 0.2) is 0 Å². The van der Waals surface area contributed by atoms with E-state index in [1.165, 1.54) is 18.2 Å². The second-order valence-corrected chi connectivity index (χ2v) is 6.63. The number of esters is 1. The molecule has 9 heteroatoms. The Morgan fingerprint density at radius 3 is 2.71 bits per heavy atom. The summed E-state index contributed by atoms with van der Waals surface area (Å²) >= 11 is 4.16. The first-order valence-electron chi connectivity index (χ1n) is 6.86. The van der Waals surface area contributed by atoms with E-state index in [0.717, 1.165) is 11.3 Å². The maximum absolute atomic E-state index is 12.3. The van der Waals surface area contributed by atoms with E-state index in [2.05, 4.69) is 21.2 Å². The van der Waals surface area contributed by atoms with Crippen molar-refractivity contribution in [2.24, 2.45) is 0 Å². The molecule has 24 heavy (non-hydrogen) atoms. The molecule has 0 saturated heterocycles. The number of hydrogen-bond donors (Lipinski definition) is 1. The lowest BCUT2D eigenvalue weighted by Gasteiger charge is -2.03. The number of anilines is 1. The molecule has 126 valence electrons. The van der Waals surface area contributed by atoms with Gasteiger partial charge in [-0.25, -0.2) is 4.79 Å². The number of benzene rings is 1.